The van der Waals surface area contributed by atoms with Gasteiger partial charge in [0.05, 0.1) is 14.2 Å². The first kappa shape index (κ1) is 22.0. The van der Waals surface area contributed by atoms with E-state index in [-0.39, 0.29) is 29.8 Å². The summed E-state index contributed by atoms with van der Waals surface area (Å²) in [4.78, 5) is 4.19. The van der Waals surface area contributed by atoms with Crippen molar-refractivity contribution in [3.05, 3.63) is 59.4 Å². The van der Waals surface area contributed by atoms with Gasteiger partial charge in [-0.25, -0.2) is 4.39 Å². The molecule has 0 heterocycles. The molecule has 0 saturated heterocycles. The van der Waals surface area contributed by atoms with Gasteiger partial charge in [-0.05, 0) is 47.9 Å². The fourth-order valence-electron chi connectivity index (χ4n) is 2.40. The van der Waals surface area contributed by atoms with Crippen molar-refractivity contribution < 1.29 is 13.9 Å². The maximum Gasteiger partial charge on any atom is 0.191 e. The highest BCUT2D eigenvalue weighted by atomic mass is 127. The van der Waals surface area contributed by atoms with E-state index in [9.17, 15) is 4.39 Å². The second kappa shape index (κ2) is 11.6. The van der Waals surface area contributed by atoms with Crippen LogP contribution in [0.25, 0.3) is 0 Å². The number of methoxy groups -OCH3 is 2. The normalized spacial score (nSPS) is 10.7. The Hall–Kier alpha value is -2.03. The van der Waals surface area contributed by atoms with Crippen LogP contribution in [0, 0.1) is 5.82 Å². The van der Waals surface area contributed by atoms with Crippen LogP contribution in [0.2, 0.25) is 0 Å². The highest BCUT2D eigenvalue weighted by Gasteiger charge is 2.06. The zero-order valence-corrected chi connectivity index (χ0v) is 17.5. The Morgan fingerprint density at radius 3 is 2.38 bits per heavy atom. The molecule has 0 aliphatic carbocycles. The fourth-order valence-corrected chi connectivity index (χ4v) is 2.40. The zero-order valence-electron chi connectivity index (χ0n) is 15.2. The van der Waals surface area contributed by atoms with Crippen LogP contribution >= 0.6 is 24.0 Å². The van der Waals surface area contributed by atoms with E-state index < -0.39 is 0 Å². The predicted octanol–water partition coefficient (Wildman–Crippen LogP) is 3.37. The van der Waals surface area contributed by atoms with Crippen molar-refractivity contribution in [3.63, 3.8) is 0 Å². The van der Waals surface area contributed by atoms with Gasteiger partial charge in [0.15, 0.2) is 5.96 Å². The third kappa shape index (κ3) is 6.70. The number of nitrogens with one attached hydrogen (secondary N) is 2. The van der Waals surface area contributed by atoms with Gasteiger partial charge in [-0.15, -0.1) is 24.0 Å². The number of hydrogen-bond donors (Lipinski definition) is 2. The van der Waals surface area contributed by atoms with Crippen molar-refractivity contribution in [2.45, 2.75) is 13.0 Å². The van der Waals surface area contributed by atoms with Gasteiger partial charge in [-0.1, -0.05) is 12.1 Å². The lowest BCUT2D eigenvalue weighted by Gasteiger charge is -2.14. The summed E-state index contributed by atoms with van der Waals surface area (Å²) >= 11 is 0. The smallest absolute Gasteiger partial charge is 0.191 e. The molecule has 0 bridgehead atoms. The van der Waals surface area contributed by atoms with Crippen LogP contribution in [-0.4, -0.2) is 33.8 Å². The van der Waals surface area contributed by atoms with E-state index in [4.69, 9.17) is 9.47 Å². The monoisotopic (exact) mass is 473 g/mol. The summed E-state index contributed by atoms with van der Waals surface area (Å²) in [6.07, 6.45) is 0.762. The van der Waals surface area contributed by atoms with Gasteiger partial charge in [0.2, 0.25) is 0 Å². The highest BCUT2D eigenvalue weighted by Crippen LogP contribution is 2.24. The Balaban J connectivity index is 0.00000338. The molecule has 2 N–H and O–H groups in total. The summed E-state index contributed by atoms with van der Waals surface area (Å²) in [7, 11) is 5.01. The molecule has 142 valence electrons. The number of hydrogen-bond acceptors (Lipinski definition) is 3. The average Bonchev–Trinajstić information content (AvgIpc) is 2.65. The molecule has 5 nitrogen and oxygen atoms in total. The second-order valence-electron chi connectivity index (χ2n) is 5.41. The summed E-state index contributed by atoms with van der Waals surface area (Å²) in [6, 6.07) is 12.1. The first-order valence-electron chi connectivity index (χ1n) is 8.06. The number of benzene rings is 2. The van der Waals surface area contributed by atoms with Crippen LogP contribution in [0.15, 0.2) is 47.5 Å². The topological polar surface area (TPSA) is 54.9 Å². The Bertz CT molecular complexity index is 708. The molecule has 0 amide bonds. The molecule has 7 heteroatoms. The molecule has 2 aromatic rings. The molecule has 0 unspecified atom stereocenters. The first-order chi connectivity index (χ1) is 12.2. The predicted molar refractivity (Wildman–Crippen MR) is 113 cm³/mol. The lowest BCUT2D eigenvalue weighted by Crippen LogP contribution is -2.37. The molecular formula is C19H25FIN3O2. The van der Waals surface area contributed by atoms with Crippen LogP contribution in [0.4, 0.5) is 4.39 Å². The lowest BCUT2D eigenvalue weighted by molar-refractivity contribution is 0.398. The minimum Gasteiger partial charge on any atom is -0.497 e. The largest absolute Gasteiger partial charge is 0.497 e. The Kier molecular flexibility index (Phi) is 9.79. The number of aliphatic imine (C=N–C) groups is 1. The molecule has 0 fully saturated rings. The molecule has 0 saturated carbocycles. The van der Waals surface area contributed by atoms with Crippen molar-refractivity contribution in [2.75, 3.05) is 27.8 Å². The van der Waals surface area contributed by atoms with Gasteiger partial charge in [-0.2, -0.15) is 0 Å². The van der Waals surface area contributed by atoms with Crippen LogP contribution in [-0.2, 0) is 13.0 Å². The zero-order chi connectivity index (χ0) is 18.1. The van der Waals surface area contributed by atoms with Crippen molar-refractivity contribution in [1.29, 1.82) is 0 Å². The fraction of sp³-hybridized carbons (Fsp3) is 0.316. The summed E-state index contributed by atoms with van der Waals surface area (Å²) in [5.74, 6) is 2.08. The SMILES string of the molecule is CN=C(NCCc1cc(OC)ccc1OC)NCc1ccc(F)cc1.I. The van der Waals surface area contributed by atoms with Crippen molar-refractivity contribution in [3.8, 4) is 11.5 Å². The van der Waals surface area contributed by atoms with Crippen molar-refractivity contribution in [2.24, 2.45) is 4.99 Å². The van der Waals surface area contributed by atoms with E-state index in [1.54, 1.807) is 33.4 Å². The Labute approximate surface area is 171 Å². The van der Waals surface area contributed by atoms with Gasteiger partial charge in [0.25, 0.3) is 0 Å². The van der Waals surface area contributed by atoms with Crippen LogP contribution in [0.5, 0.6) is 11.5 Å². The number of guanidine groups is 1. The van der Waals surface area contributed by atoms with Crippen molar-refractivity contribution in [1.82, 2.24) is 10.6 Å². The van der Waals surface area contributed by atoms with Gasteiger partial charge in [0.1, 0.15) is 17.3 Å². The highest BCUT2D eigenvalue weighted by molar-refractivity contribution is 14.0. The molecule has 0 atom stereocenters. The van der Waals surface area contributed by atoms with Crippen LogP contribution < -0.4 is 20.1 Å². The average molecular weight is 473 g/mol. The molecule has 0 spiro atoms. The third-order valence-electron chi connectivity index (χ3n) is 3.77. The molecule has 2 rings (SSSR count). The standard InChI is InChI=1S/C19H24FN3O2.HI/c1-21-19(23-13-14-4-6-16(20)7-5-14)22-11-10-15-12-17(24-2)8-9-18(15)25-3;/h4-9,12H,10-11,13H2,1-3H3,(H2,21,22,23);1H. The third-order valence-corrected chi connectivity index (χ3v) is 3.77. The van der Waals surface area contributed by atoms with E-state index in [2.05, 4.69) is 15.6 Å². The molecule has 0 radical (unpaired) electrons. The van der Waals surface area contributed by atoms with Crippen LogP contribution in [0.3, 0.4) is 0 Å². The number of rotatable bonds is 7. The quantitative estimate of drug-likeness (QED) is 0.368. The van der Waals surface area contributed by atoms with E-state index in [1.807, 2.05) is 18.2 Å². The van der Waals surface area contributed by atoms with E-state index in [1.165, 1.54) is 12.1 Å². The summed E-state index contributed by atoms with van der Waals surface area (Å²) < 4.78 is 23.6. The van der Waals surface area contributed by atoms with E-state index in [0.29, 0.717) is 19.0 Å². The second-order valence-corrected chi connectivity index (χ2v) is 5.41. The minimum atomic E-state index is -0.238. The van der Waals surface area contributed by atoms with Gasteiger partial charge in [0, 0.05) is 20.1 Å². The molecule has 0 aromatic heterocycles. The van der Waals surface area contributed by atoms with E-state index in [0.717, 1.165) is 29.0 Å². The summed E-state index contributed by atoms with van der Waals surface area (Å²) in [5.41, 5.74) is 2.04. The summed E-state index contributed by atoms with van der Waals surface area (Å²) in [5, 5.41) is 6.46. The molecule has 2 aromatic carbocycles. The minimum absolute atomic E-state index is 0. The van der Waals surface area contributed by atoms with Crippen LogP contribution in [0.1, 0.15) is 11.1 Å². The van der Waals surface area contributed by atoms with Gasteiger partial charge >= 0.3 is 0 Å². The first-order valence-corrected chi connectivity index (χ1v) is 8.06. The van der Waals surface area contributed by atoms with Crippen molar-refractivity contribution >= 4 is 29.9 Å². The molecule has 26 heavy (non-hydrogen) atoms. The van der Waals surface area contributed by atoms with E-state index >= 15 is 0 Å². The number of nitrogens with zero attached hydrogens (tertiary/aromatic N) is 1. The lowest BCUT2D eigenvalue weighted by atomic mass is 10.1. The van der Waals surface area contributed by atoms with Gasteiger partial charge < -0.3 is 20.1 Å². The number of ether oxygens (including phenoxy) is 2. The Morgan fingerprint density at radius 1 is 1.04 bits per heavy atom. The molecular weight excluding hydrogens is 448 g/mol. The summed E-state index contributed by atoms with van der Waals surface area (Å²) in [6.45, 7) is 1.26. The van der Waals surface area contributed by atoms with Gasteiger partial charge in [-0.3, -0.25) is 4.99 Å². The Morgan fingerprint density at radius 2 is 1.77 bits per heavy atom. The maximum absolute atomic E-state index is 12.9. The number of halogens is 2. The molecule has 0 aliphatic rings. The molecule has 0 aliphatic heterocycles. The maximum atomic E-state index is 12.9.